The van der Waals surface area contributed by atoms with E-state index in [4.69, 9.17) is 9.84 Å². The van der Waals surface area contributed by atoms with Crippen molar-refractivity contribution in [1.29, 1.82) is 0 Å². The summed E-state index contributed by atoms with van der Waals surface area (Å²) in [5.41, 5.74) is 1.47. The molecule has 1 N–H and O–H groups in total. The van der Waals surface area contributed by atoms with Crippen LogP contribution in [0.4, 0.5) is 8.78 Å². The molecule has 0 radical (unpaired) electrons. The summed E-state index contributed by atoms with van der Waals surface area (Å²) in [5.74, 6) is -2.61. The number of rotatable bonds is 3. The van der Waals surface area contributed by atoms with Crippen molar-refractivity contribution in [2.45, 2.75) is 26.7 Å². The van der Waals surface area contributed by atoms with E-state index in [1.165, 1.54) is 7.11 Å². The molecule has 0 saturated carbocycles. The number of halogens is 2. The minimum Gasteiger partial charge on any atom is -0.496 e. The Balaban J connectivity index is 3.48. The highest BCUT2D eigenvalue weighted by Gasteiger charge is 2.34. The highest BCUT2D eigenvalue weighted by atomic mass is 19.3. The fraction of sp³-hybridized carbons (Fsp3) is 0.500. The number of alkyl halides is 2. The summed E-state index contributed by atoms with van der Waals surface area (Å²) in [6.45, 7) is 3.75. The molecule has 0 amide bonds. The third-order valence-electron chi connectivity index (χ3n) is 2.83. The van der Waals surface area contributed by atoms with Gasteiger partial charge in [-0.05, 0) is 43.5 Å². The van der Waals surface area contributed by atoms with Crippen LogP contribution in [0.5, 0.6) is 5.75 Å². The first-order valence-electron chi connectivity index (χ1n) is 4.99. The maximum atomic E-state index is 13.5. The molecule has 1 aromatic rings. The molecular weight excluding hydrogens is 214 g/mol. The first-order valence-corrected chi connectivity index (χ1v) is 4.99. The van der Waals surface area contributed by atoms with E-state index in [2.05, 4.69) is 0 Å². The second-order valence-electron chi connectivity index (χ2n) is 3.88. The highest BCUT2D eigenvalue weighted by molar-refractivity contribution is 5.49. The molecule has 90 valence electrons. The molecule has 0 aliphatic heterocycles. The van der Waals surface area contributed by atoms with E-state index in [1.807, 2.05) is 0 Å². The minimum absolute atomic E-state index is 0.103. The summed E-state index contributed by atoms with van der Waals surface area (Å²) in [5, 5.41) is 8.73. The SMILES string of the molecule is COc1cc(C)c(C(F)(F)CO)c(C)c1C. The predicted molar refractivity (Wildman–Crippen MR) is 58.2 cm³/mol. The van der Waals surface area contributed by atoms with Crippen LogP contribution in [0, 0.1) is 20.8 Å². The molecule has 1 rings (SSSR count). The van der Waals surface area contributed by atoms with E-state index >= 15 is 0 Å². The normalized spacial score (nSPS) is 11.7. The lowest BCUT2D eigenvalue weighted by Gasteiger charge is -2.21. The van der Waals surface area contributed by atoms with Crippen LogP contribution >= 0.6 is 0 Å². The van der Waals surface area contributed by atoms with Crippen molar-refractivity contribution in [3.8, 4) is 5.75 Å². The van der Waals surface area contributed by atoms with E-state index < -0.39 is 12.5 Å². The van der Waals surface area contributed by atoms with Crippen molar-refractivity contribution in [3.05, 3.63) is 28.3 Å². The van der Waals surface area contributed by atoms with Crippen LogP contribution in [-0.2, 0) is 5.92 Å². The first-order chi connectivity index (χ1) is 7.35. The van der Waals surface area contributed by atoms with Crippen LogP contribution in [0.15, 0.2) is 6.07 Å². The Hall–Kier alpha value is -1.16. The van der Waals surface area contributed by atoms with Gasteiger partial charge < -0.3 is 9.84 Å². The lowest BCUT2D eigenvalue weighted by atomic mass is 9.93. The van der Waals surface area contributed by atoms with Gasteiger partial charge in [0.2, 0.25) is 0 Å². The molecule has 0 aliphatic rings. The van der Waals surface area contributed by atoms with Gasteiger partial charge in [-0.3, -0.25) is 0 Å². The zero-order valence-corrected chi connectivity index (χ0v) is 9.90. The summed E-state index contributed by atoms with van der Waals surface area (Å²) in [6.07, 6.45) is 0. The van der Waals surface area contributed by atoms with Gasteiger partial charge in [0.25, 0.3) is 5.92 Å². The molecule has 0 aromatic heterocycles. The van der Waals surface area contributed by atoms with Crippen molar-refractivity contribution < 1.29 is 18.6 Å². The van der Waals surface area contributed by atoms with Gasteiger partial charge in [-0.15, -0.1) is 0 Å². The van der Waals surface area contributed by atoms with Crippen molar-refractivity contribution in [3.63, 3.8) is 0 Å². The lowest BCUT2D eigenvalue weighted by Crippen LogP contribution is -2.22. The average Bonchev–Trinajstić information content (AvgIpc) is 2.23. The van der Waals surface area contributed by atoms with Crippen molar-refractivity contribution in [2.24, 2.45) is 0 Å². The minimum atomic E-state index is -3.20. The summed E-state index contributed by atoms with van der Waals surface area (Å²) in [4.78, 5) is 0. The van der Waals surface area contributed by atoms with E-state index in [0.29, 0.717) is 22.4 Å². The van der Waals surface area contributed by atoms with Gasteiger partial charge >= 0.3 is 0 Å². The largest absolute Gasteiger partial charge is 0.496 e. The van der Waals surface area contributed by atoms with Gasteiger partial charge in [0.05, 0.1) is 7.11 Å². The van der Waals surface area contributed by atoms with Crippen LogP contribution in [0.25, 0.3) is 0 Å². The molecule has 0 unspecified atom stereocenters. The molecule has 0 fully saturated rings. The zero-order chi connectivity index (χ0) is 12.5. The average molecular weight is 230 g/mol. The predicted octanol–water partition coefficient (Wildman–Crippen LogP) is 2.70. The molecule has 2 nitrogen and oxygen atoms in total. The Morgan fingerprint density at radius 2 is 1.81 bits per heavy atom. The van der Waals surface area contributed by atoms with Gasteiger partial charge in [-0.2, -0.15) is 8.78 Å². The standard InChI is InChI=1S/C12H16F2O2/c1-7-5-10(16-4)8(2)9(3)11(7)12(13,14)6-15/h5,15H,6H2,1-4H3. The summed E-state index contributed by atoms with van der Waals surface area (Å²) >= 11 is 0. The number of ether oxygens (including phenoxy) is 1. The van der Waals surface area contributed by atoms with Crippen molar-refractivity contribution in [1.82, 2.24) is 0 Å². The van der Waals surface area contributed by atoms with Crippen LogP contribution in [-0.4, -0.2) is 18.8 Å². The maximum Gasteiger partial charge on any atom is 0.296 e. The van der Waals surface area contributed by atoms with Crippen LogP contribution < -0.4 is 4.74 Å². The fourth-order valence-corrected chi connectivity index (χ4v) is 1.90. The summed E-state index contributed by atoms with van der Waals surface area (Å²) in [7, 11) is 1.51. The van der Waals surface area contributed by atoms with Crippen LogP contribution in [0.1, 0.15) is 22.3 Å². The van der Waals surface area contributed by atoms with Gasteiger partial charge in [-0.1, -0.05) is 0 Å². The summed E-state index contributed by atoms with van der Waals surface area (Å²) in [6, 6.07) is 1.57. The van der Waals surface area contributed by atoms with Crippen molar-refractivity contribution in [2.75, 3.05) is 13.7 Å². The molecule has 0 saturated heterocycles. The summed E-state index contributed by atoms with van der Waals surface area (Å²) < 4.78 is 32.2. The second-order valence-corrected chi connectivity index (χ2v) is 3.88. The van der Waals surface area contributed by atoms with Crippen molar-refractivity contribution >= 4 is 0 Å². The molecule has 0 bridgehead atoms. The third-order valence-corrected chi connectivity index (χ3v) is 2.83. The Labute approximate surface area is 93.9 Å². The molecule has 1 aromatic carbocycles. The van der Waals surface area contributed by atoms with Gasteiger partial charge in [0.1, 0.15) is 12.4 Å². The quantitative estimate of drug-likeness (QED) is 0.865. The van der Waals surface area contributed by atoms with Gasteiger partial charge in [0.15, 0.2) is 0 Å². The maximum absolute atomic E-state index is 13.5. The van der Waals surface area contributed by atoms with E-state index in [-0.39, 0.29) is 5.56 Å². The van der Waals surface area contributed by atoms with E-state index in [9.17, 15) is 8.78 Å². The Bertz CT molecular complexity index is 400. The lowest BCUT2D eigenvalue weighted by molar-refractivity contribution is -0.0566. The molecule has 0 aliphatic carbocycles. The molecule has 0 atom stereocenters. The van der Waals surface area contributed by atoms with E-state index in [1.54, 1.807) is 26.8 Å². The number of aryl methyl sites for hydroxylation is 1. The molecule has 16 heavy (non-hydrogen) atoms. The molecule has 4 heteroatoms. The highest BCUT2D eigenvalue weighted by Crippen LogP contribution is 2.37. The smallest absolute Gasteiger partial charge is 0.296 e. The Morgan fingerprint density at radius 1 is 1.25 bits per heavy atom. The molecule has 0 spiro atoms. The van der Waals surface area contributed by atoms with Gasteiger partial charge in [-0.25, -0.2) is 0 Å². The molecule has 0 heterocycles. The topological polar surface area (TPSA) is 29.5 Å². The monoisotopic (exact) mass is 230 g/mol. The first kappa shape index (κ1) is 12.9. The van der Waals surface area contributed by atoms with Crippen LogP contribution in [0.2, 0.25) is 0 Å². The number of hydrogen-bond acceptors (Lipinski definition) is 2. The Morgan fingerprint density at radius 3 is 2.25 bits per heavy atom. The number of benzene rings is 1. The van der Waals surface area contributed by atoms with Crippen LogP contribution in [0.3, 0.4) is 0 Å². The number of aliphatic hydroxyl groups excluding tert-OH is 1. The van der Waals surface area contributed by atoms with E-state index in [0.717, 1.165) is 0 Å². The fourth-order valence-electron chi connectivity index (χ4n) is 1.90. The number of aliphatic hydroxyl groups is 1. The third kappa shape index (κ3) is 2.02. The second kappa shape index (κ2) is 4.37. The number of methoxy groups -OCH3 is 1. The number of hydrogen-bond donors (Lipinski definition) is 1. The molecular formula is C12H16F2O2. The zero-order valence-electron chi connectivity index (χ0n) is 9.90. The Kier molecular flexibility index (Phi) is 3.53. The van der Waals surface area contributed by atoms with Gasteiger partial charge in [0, 0.05) is 5.56 Å².